The number of aromatic nitrogens is 2. The van der Waals surface area contributed by atoms with E-state index in [2.05, 4.69) is 0 Å². The Balaban J connectivity index is 1.85. The highest BCUT2D eigenvalue weighted by atomic mass is 19.4. The lowest BCUT2D eigenvalue weighted by atomic mass is 10.0. The lowest BCUT2D eigenvalue weighted by Gasteiger charge is -2.21. The predicted octanol–water partition coefficient (Wildman–Crippen LogP) is 5.19. The zero-order valence-corrected chi connectivity index (χ0v) is 22.2. The maximum Gasteiger partial charge on any atom is 0.416 e. The number of nitrogens with two attached hydrogens (primary N) is 1. The van der Waals surface area contributed by atoms with Crippen LogP contribution in [0.1, 0.15) is 22.4 Å². The highest BCUT2D eigenvalue weighted by Crippen LogP contribution is 2.31. The molecule has 1 unspecified atom stereocenters. The van der Waals surface area contributed by atoms with E-state index < -0.39 is 71.0 Å². The molecule has 0 radical (unpaired) electrons. The minimum atomic E-state index is -4.77. The van der Waals surface area contributed by atoms with Gasteiger partial charge in [0.05, 0.1) is 24.8 Å². The van der Waals surface area contributed by atoms with Gasteiger partial charge in [-0.05, 0) is 49.2 Å². The van der Waals surface area contributed by atoms with Gasteiger partial charge in [-0.2, -0.15) is 13.2 Å². The average Bonchev–Trinajstić information content (AvgIpc) is 2.92. The minimum absolute atomic E-state index is 0.113. The quantitative estimate of drug-likeness (QED) is 0.285. The Morgan fingerprint density at radius 2 is 1.55 bits per heavy atom. The fourth-order valence-corrected chi connectivity index (χ4v) is 4.63. The number of hydrogen-bond donors (Lipinski definition) is 1. The molecule has 0 aliphatic carbocycles. The van der Waals surface area contributed by atoms with Crippen molar-refractivity contribution in [3.05, 3.63) is 121 Å². The fraction of sp³-hybridized carbons (Fsp3) is 0.241. The molecule has 0 bridgehead atoms. The Morgan fingerprint density at radius 3 is 2.14 bits per heavy atom. The number of alkyl halides is 3. The van der Waals surface area contributed by atoms with Gasteiger partial charge in [0.2, 0.25) is 0 Å². The molecule has 0 saturated carbocycles. The van der Waals surface area contributed by atoms with Gasteiger partial charge in [0.25, 0.3) is 5.56 Å². The number of halogens is 7. The zero-order chi connectivity index (χ0) is 30.9. The first-order valence-electron chi connectivity index (χ1n) is 12.5. The summed E-state index contributed by atoms with van der Waals surface area (Å²) in [4.78, 5) is 27.2. The van der Waals surface area contributed by atoms with Gasteiger partial charge in [-0.15, -0.1) is 0 Å². The summed E-state index contributed by atoms with van der Waals surface area (Å²) in [6.07, 6.45) is -5.15. The lowest BCUT2D eigenvalue weighted by Crippen LogP contribution is -2.46. The summed E-state index contributed by atoms with van der Waals surface area (Å²) in [5, 5.41) is 0. The van der Waals surface area contributed by atoms with Crippen molar-refractivity contribution in [1.82, 2.24) is 9.13 Å². The van der Waals surface area contributed by atoms with Gasteiger partial charge in [-0.25, -0.2) is 22.4 Å². The molecule has 4 rings (SSSR count). The summed E-state index contributed by atoms with van der Waals surface area (Å²) in [7, 11) is 1.20. The predicted molar refractivity (Wildman–Crippen MR) is 140 cm³/mol. The van der Waals surface area contributed by atoms with E-state index >= 15 is 4.39 Å². The molecule has 6 nitrogen and oxygen atoms in total. The van der Waals surface area contributed by atoms with Crippen LogP contribution in [0, 0.1) is 30.2 Å². The van der Waals surface area contributed by atoms with Gasteiger partial charge in [-0.3, -0.25) is 13.9 Å². The molecule has 2 N–H and O–H groups in total. The second-order valence-electron chi connectivity index (χ2n) is 9.54. The average molecular weight is 596 g/mol. The van der Waals surface area contributed by atoms with Crippen molar-refractivity contribution in [3.8, 4) is 16.9 Å². The molecule has 0 aliphatic heterocycles. The molecule has 0 saturated heterocycles. The van der Waals surface area contributed by atoms with Crippen molar-refractivity contribution in [2.24, 2.45) is 5.73 Å². The molecule has 42 heavy (non-hydrogen) atoms. The van der Waals surface area contributed by atoms with Gasteiger partial charge in [0.1, 0.15) is 17.5 Å². The zero-order valence-electron chi connectivity index (χ0n) is 22.2. The Kier molecular flexibility index (Phi) is 8.62. The molecule has 222 valence electrons. The fourth-order valence-electron chi connectivity index (χ4n) is 4.63. The summed E-state index contributed by atoms with van der Waals surface area (Å²) in [6.45, 7) is 0.0409. The van der Waals surface area contributed by atoms with E-state index in [4.69, 9.17) is 10.5 Å². The van der Waals surface area contributed by atoms with Crippen molar-refractivity contribution in [2.45, 2.75) is 38.7 Å². The first kappa shape index (κ1) is 30.6. The summed E-state index contributed by atoms with van der Waals surface area (Å²) in [5.41, 5.74) is 1.45. The van der Waals surface area contributed by atoms with Crippen LogP contribution in [0.25, 0.3) is 11.1 Å². The highest BCUT2D eigenvalue weighted by molar-refractivity contribution is 5.67. The van der Waals surface area contributed by atoms with Crippen molar-refractivity contribution in [2.75, 3.05) is 7.11 Å². The van der Waals surface area contributed by atoms with Crippen molar-refractivity contribution in [1.29, 1.82) is 0 Å². The Morgan fingerprint density at radius 1 is 0.905 bits per heavy atom. The van der Waals surface area contributed by atoms with Crippen LogP contribution in [-0.4, -0.2) is 22.3 Å². The molecule has 1 aromatic heterocycles. The van der Waals surface area contributed by atoms with Gasteiger partial charge in [0, 0.05) is 29.4 Å². The largest absolute Gasteiger partial charge is 0.494 e. The molecule has 0 spiro atoms. The summed E-state index contributed by atoms with van der Waals surface area (Å²) >= 11 is 0. The maximum atomic E-state index is 15.3. The normalized spacial score (nSPS) is 12.4. The van der Waals surface area contributed by atoms with Gasteiger partial charge in [0.15, 0.2) is 11.6 Å². The van der Waals surface area contributed by atoms with E-state index in [1.54, 1.807) is 0 Å². The molecule has 3 aromatic carbocycles. The number of nitrogens with zero attached hydrogens (tertiary/aromatic N) is 2. The number of rotatable bonds is 8. The summed E-state index contributed by atoms with van der Waals surface area (Å²) < 4.78 is 104. The Bertz CT molecular complexity index is 1740. The second-order valence-corrected chi connectivity index (χ2v) is 9.54. The van der Waals surface area contributed by atoms with Crippen LogP contribution in [0.4, 0.5) is 30.7 Å². The third kappa shape index (κ3) is 5.96. The van der Waals surface area contributed by atoms with Crippen LogP contribution in [-0.2, 0) is 25.7 Å². The topological polar surface area (TPSA) is 79.2 Å². The lowest BCUT2D eigenvalue weighted by molar-refractivity contribution is -0.137. The van der Waals surface area contributed by atoms with Crippen LogP contribution in [0.5, 0.6) is 5.75 Å². The third-order valence-corrected chi connectivity index (χ3v) is 6.80. The Hall–Kier alpha value is -4.39. The second kappa shape index (κ2) is 11.8. The first-order valence-corrected chi connectivity index (χ1v) is 12.5. The molecule has 13 heteroatoms. The van der Waals surface area contributed by atoms with Crippen molar-refractivity contribution >= 4 is 0 Å². The Labute approximate surface area is 234 Å². The smallest absolute Gasteiger partial charge is 0.416 e. The number of benzene rings is 3. The number of methoxy groups -OCH3 is 1. The van der Waals surface area contributed by atoms with E-state index in [0.717, 1.165) is 28.8 Å². The SMILES string of the molecule is COc1cccc(-c2c(C)n(Cc3c(F)cccc3F)c(=O)n(CC(N)Cc3ccc(C(F)(F)F)cc3F)c2=O)c1F. The van der Waals surface area contributed by atoms with Crippen molar-refractivity contribution in [3.63, 3.8) is 0 Å². The van der Waals surface area contributed by atoms with E-state index in [9.17, 15) is 35.9 Å². The van der Waals surface area contributed by atoms with E-state index in [1.807, 2.05) is 0 Å². The standard InChI is InChI=1S/C29H24F7N3O3/c1-15-25(19-5-3-8-24(42-2)26(19)33)27(40)39(28(41)38(15)14-20-21(30)6-4-7-22(20)31)13-18(37)11-16-9-10-17(12-23(16)32)29(34,35)36/h3-10,12,18H,11,13-14,37H2,1-2H3. The van der Waals surface area contributed by atoms with E-state index in [1.165, 1.54) is 32.2 Å². The van der Waals surface area contributed by atoms with Crippen LogP contribution in [0.3, 0.4) is 0 Å². The summed E-state index contributed by atoms with van der Waals surface area (Å²) in [5.74, 6) is -4.29. The number of hydrogen-bond acceptors (Lipinski definition) is 4. The maximum absolute atomic E-state index is 15.3. The van der Waals surface area contributed by atoms with Crippen molar-refractivity contribution < 1.29 is 35.5 Å². The summed E-state index contributed by atoms with van der Waals surface area (Å²) in [6, 6.07) is 7.71. The first-order chi connectivity index (χ1) is 19.7. The molecular weight excluding hydrogens is 571 g/mol. The molecule has 4 aromatic rings. The van der Waals surface area contributed by atoms with Crippen LogP contribution < -0.4 is 21.7 Å². The van der Waals surface area contributed by atoms with Crippen LogP contribution in [0.2, 0.25) is 0 Å². The van der Waals surface area contributed by atoms with Gasteiger partial charge >= 0.3 is 11.9 Å². The minimum Gasteiger partial charge on any atom is -0.494 e. The van der Waals surface area contributed by atoms with Gasteiger partial charge < -0.3 is 10.5 Å². The van der Waals surface area contributed by atoms with E-state index in [-0.39, 0.29) is 34.6 Å². The molecular formula is C29H24F7N3O3. The van der Waals surface area contributed by atoms with Gasteiger partial charge in [-0.1, -0.05) is 24.3 Å². The molecule has 0 aliphatic rings. The van der Waals surface area contributed by atoms with Crippen LogP contribution >= 0.6 is 0 Å². The molecule has 1 heterocycles. The monoisotopic (exact) mass is 595 g/mol. The molecule has 0 amide bonds. The number of ether oxygens (including phenoxy) is 1. The third-order valence-electron chi connectivity index (χ3n) is 6.80. The molecule has 1 atom stereocenters. The van der Waals surface area contributed by atoms with Crippen LogP contribution in [0.15, 0.2) is 64.2 Å². The highest BCUT2D eigenvalue weighted by Gasteiger charge is 2.31. The molecule has 0 fully saturated rings. The van der Waals surface area contributed by atoms with E-state index in [0.29, 0.717) is 16.7 Å².